The van der Waals surface area contributed by atoms with Crippen LogP contribution in [0.3, 0.4) is 0 Å². The number of hydrogen-bond acceptors (Lipinski definition) is 3. The molecule has 6 heteroatoms. The number of amides is 3. The van der Waals surface area contributed by atoms with Crippen LogP contribution in [0.2, 0.25) is 0 Å². The first-order valence-corrected chi connectivity index (χ1v) is 7.37. The summed E-state index contributed by atoms with van der Waals surface area (Å²) in [5.41, 5.74) is 2.09. The fourth-order valence-corrected chi connectivity index (χ4v) is 2.81. The molecule has 0 bridgehead atoms. The molecular weight excluding hydrogens is 282 g/mol. The molecule has 1 fully saturated rings. The highest BCUT2D eigenvalue weighted by atomic mass is 16.5. The average molecular weight is 301 g/mol. The zero-order valence-corrected chi connectivity index (χ0v) is 12.5. The maximum atomic E-state index is 12.9. The molecule has 3 rings (SSSR count). The van der Waals surface area contributed by atoms with Gasteiger partial charge >= 0.3 is 6.03 Å². The molecule has 2 N–H and O–H groups in total. The van der Waals surface area contributed by atoms with Gasteiger partial charge in [-0.1, -0.05) is 30.3 Å². The Morgan fingerprint density at radius 3 is 2.59 bits per heavy atom. The zero-order chi connectivity index (χ0) is 15.5. The summed E-state index contributed by atoms with van der Waals surface area (Å²) in [6.07, 6.45) is 0. The fraction of sp³-hybridized carbons (Fsp3) is 0.375. The molecule has 1 aromatic rings. The molecular formula is C16H19N3O3. The van der Waals surface area contributed by atoms with Crippen molar-refractivity contribution in [2.45, 2.75) is 13.0 Å². The highest BCUT2D eigenvalue weighted by Gasteiger charge is 2.33. The lowest BCUT2D eigenvalue weighted by molar-refractivity contribution is -0.131. The lowest BCUT2D eigenvalue weighted by atomic mass is 9.94. The van der Waals surface area contributed by atoms with E-state index in [1.165, 1.54) is 0 Å². The molecule has 0 aliphatic carbocycles. The van der Waals surface area contributed by atoms with Crippen molar-refractivity contribution in [2.24, 2.45) is 0 Å². The number of allylic oxidation sites excluding steroid dienone is 1. The van der Waals surface area contributed by atoms with Gasteiger partial charge in [-0.25, -0.2) is 4.79 Å². The smallest absolute Gasteiger partial charge is 0.319 e. The van der Waals surface area contributed by atoms with Crippen molar-refractivity contribution >= 4 is 11.9 Å². The number of nitrogens with one attached hydrogen (secondary N) is 2. The van der Waals surface area contributed by atoms with Crippen LogP contribution in [-0.4, -0.2) is 43.1 Å². The van der Waals surface area contributed by atoms with E-state index in [2.05, 4.69) is 10.6 Å². The van der Waals surface area contributed by atoms with Crippen LogP contribution in [0.25, 0.3) is 0 Å². The first-order chi connectivity index (χ1) is 10.7. The molecule has 0 saturated carbocycles. The number of morpholine rings is 1. The molecule has 0 spiro atoms. The van der Waals surface area contributed by atoms with Gasteiger partial charge in [-0.15, -0.1) is 0 Å². The summed E-state index contributed by atoms with van der Waals surface area (Å²) in [6, 6.07) is 8.82. The maximum absolute atomic E-state index is 12.9. The van der Waals surface area contributed by atoms with Crippen molar-refractivity contribution in [1.82, 2.24) is 15.5 Å². The second-order valence-electron chi connectivity index (χ2n) is 5.39. The molecule has 0 radical (unpaired) electrons. The number of benzene rings is 1. The lowest BCUT2D eigenvalue weighted by Crippen LogP contribution is -2.49. The minimum atomic E-state index is -0.426. The molecule has 6 nitrogen and oxygen atoms in total. The molecule has 3 amide bonds. The van der Waals surface area contributed by atoms with Gasteiger partial charge in [0.1, 0.15) is 0 Å². The normalized spacial score (nSPS) is 22.1. The van der Waals surface area contributed by atoms with Gasteiger partial charge in [-0.3, -0.25) is 4.79 Å². The molecule has 116 valence electrons. The monoisotopic (exact) mass is 301 g/mol. The third kappa shape index (κ3) is 2.82. The standard InChI is InChI=1S/C16H19N3O3/c1-11-13(15(20)19-7-9-22-10-8-19)14(18-16(21)17-11)12-5-3-2-4-6-12/h2-6,14H,7-10H2,1H3,(H2,17,18,21)/t14-/m1/s1. The number of carbonyl (C=O) groups is 2. The van der Waals surface area contributed by atoms with E-state index in [1.54, 1.807) is 11.8 Å². The fourth-order valence-electron chi connectivity index (χ4n) is 2.81. The Morgan fingerprint density at radius 2 is 1.91 bits per heavy atom. The van der Waals surface area contributed by atoms with Crippen molar-refractivity contribution < 1.29 is 14.3 Å². The molecule has 2 aliphatic rings. The van der Waals surface area contributed by atoms with Crippen LogP contribution in [0.15, 0.2) is 41.6 Å². The van der Waals surface area contributed by atoms with Crippen molar-refractivity contribution in [1.29, 1.82) is 0 Å². The largest absolute Gasteiger partial charge is 0.378 e. The Balaban J connectivity index is 1.94. The van der Waals surface area contributed by atoms with Crippen LogP contribution >= 0.6 is 0 Å². The lowest BCUT2D eigenvalue weighted by Gasteiger charge is -2.33. The SMILES string of the molecule is CC1=C(C(=O)N2CCOCC2)[C@@H](c2ccccc2)NC(=O)N1. The number of hydrogen-bond donors (Lipinski definition) is 2. The summed E-state index contributed by atoms with van der Waals surface area (Å²) in [7, 11) is 0. The van der Waals surface area contributed by atoms with Crippen LogP contribution in [0, 0.1) is 0 Å². The number of ether oxygens (including phenoxy) is 1. The van der Waals surface area contributed by atoms with E-state index in [4.69, 9.17) is 4.74 Å². The van der Waals surface area contributed by atoms with E-state index in [0.29, 0.717) is 37.6 Å². The molecule has 2 heterocycles. The Bertz CT molecular complexity index is 606. The summed E-state index contributed by atoms with van der Waals surface area (Å²) >= 11 is 0. The van der Waals surface area contributed by atoms with E-state index in [0.717, 1.165) is 5.56 Å². The number of carbonyl (C=O) groups excluding carboxylic acids is 2. The van der Waals surface area contributed by atoms with Crippen molar-refractivity contribution in [3.8, 4) is 0 Å². The van der Waals surface area contributed by atoms with Crippen molar-refractivity contribution in [2.75, 3.05) is 26.3 Å². The van der Waals surface area contributed by atoms with E-state index in [1.807, 2.05) is 30.3 Å². The van der Waals surface area contributed by atoms with Gasteiger partial charge in [0.05, 0.1) is 24.8 Å². The second-order valence-corrected chi connectivity index (χ2v) is 5.39. The second kappa shape index (κ2) is 6.19. The van der Waals surface area contributed by atoms with E-state index >= 15 is 0 Å². The maximum Gasteiger partial charge on any atom is 0.319 e. The predicted octanol–water partition coefficient (Wildman–Crippen LogP) is 1.17. The topological polar surface area (TPSA) is 70.7 Å². The summed E-state index contributed by atoms with van der Waals surface area (Å²) in [5.74, 6) is -0.0536. The third-order valence-electron chi connectivity index (χ3n) is 3.93. The Morgan fingerprint density at radius 1 is 1.23 bits per heavy atom. The van der Waals surface area contributed by atoms with Gasteiger partial charge in [0.25, 0.3) is 5.91 Å². The highest BCUT2D eigenvalue weighted by molar-refractivity contribution is 5.98. The van der Waals surface area contributed by atoms with Crippen molar-refractivity contribution in [3.05, 3.63) is 47.2 Å². The van der Waals surface area contributed by atoms with Crippen LogP contribution in [0.4, 0.5) is 4.79 Å². The summed E-state index contributed by atoms with van der Waals surface area (Å²) < 4.78 is 5.30. The highest BCUT2D eigenvalue weighted by Crippen LogP contribution is 2.28. The molecule has 22 heavy (non-hydrogen) atoms. The third-order valence-corrected chi connectivity index (χ3v) is 3.93. The van der Waals surface area contributed by atoms with Gasteiger partial charge in [-0.2, -0.15) is 0 Å². The van der Waals surface area contributed by atoms with E-state index in [9.17, 15) is 9.59 Å². The number of urea groups is 1. The van der Waals surface area contributed by atoms with E-state index < -0.39 is 6.04 Å². The Labute approximate surface area is 129 Å². The first kappa shape index (κ1) is 14.6. The van der Waals surface area contributed by atoms with Gasteiger partial charge in [0.2, 0.25) is 0 Å². The average Bonchev–Trinajstić information content (AvgIpc) is 2.55. The molecule has 0 aromatic heterocycles. The Kier molecular flexibility index (Phi) is 4.11. The van der Waals surface area contributed by atoms with Gasteiger partial charge in [0, 0.05) is 18.8 Å². The molecule has 1 aromatic carbocycles. The number of nitrogens with zero attached hydrogens (tertiary/aromatic N) is 1. The quantitative estimate of drug-likeness (QED) is 0.861. The van der Waals surface area contributed by atoms with Crippen LogP contribution in [0.1, 0.15) is 18.5 Å². The van der Waals surface area contributed by atoms with Crippen LogP contribution in [-0.2, 0) is 9.53 Å². The first-order valence-electron chi connectivity index (χ1n) is 7.37. The van der Waals surface area contributed by atoms with E-state index in [-0.39, 0.29) is 11.9 Å². The van der Waals surface area contributed by atoms with Crippen molar-refractivity contribution in [3.63, 3.8) is 0 Å². The van der Waals surface area contributed by atoms with Gasteiger partial charge < -0.3 is 20.3 Å². The summed E-state index contributed by atoms with van der Waals surface area (Å²) in [4.78, 5) is 26.5. The van der Waals surface area contributed by atoms with Crippen LogP contribution < -0.4 is 10.6 Å². The zero-order valence-electron chi connectivity index (χ0n) is 12.5. The molecule has 0 unspecified atom stereocenters. The minimum absolute atomic E-state index is 0.0536. The molecule has 2 aliphatic heterocycles. The number of rotatable bonds is 2. The van der Waals surface area contributed by atoms with Crippen LogP contribution in [0.5, 0.6) is 0 Å². The molecule has 1 saturated heterocycles. The molecule has 1 atom stereocenters. The minimum Gasteiger partial charge on any atom is -0.378 e. The summed E-state index contributed by atoms with van der Waals surface area (Å²) in [5, 5.41) is 5.55. The van der Waals surface area contributed by atoms with Gasteiger partial charge in [0.15, 0.2) is 0 Å². The predicted molar refractivity (Wildman–Crippen MR) is 80.9 cm³/mol. The van der Waals surface area contributed by atoms with Gasteiger partial charge in [-0.05, 0) is 12.5 Å². The Hall–Kier alpha value is -2.34. The summed E-state index contributed by atoms with van der Waals surface area (Å²) in [6.45, 7) is 4.01.